The predicted molar refractivity (Wildman–Crippen MR) is 194 cm³/mol. The van der Waals surface area contributed by atoms with E-state index in [-0.39, 0.29) is 12.5 Å². The zero-order valence-electron chi connectivity index (χ0n) is 27.9. The second-order valence-corrected chi connectivity index (χ2v) is 13.8. The normalized spacial score (nSPS) is 15.2. The molecule has 4 N–H and O–H groups in total. The zero-order valence-corrected chi connectivity index (χ0v) is 28.7. The number of carbonyl (C=O) groups is 1. The summed E-state index contributed by atoms with van der Waals surface area (Å²) < 4.78 is 1.90. The Morgan fingerprint density at radius 1 is 1.17 bits per heavy atom. The molecule has 6 rings (SSSR count). The predicted octanol–water partition coefficient (Wildman–Crippen LogP) is 6.54. The van der Waals surface area contributed by atoms with Crippen LogP contribution in [0.15, 0.2) is 61.2 Å². The van der Waals surface area contributed by atoms with E-state index >= 15 is 0 Å². The minimum Gasteiger partial charge on any atom is -0.384 e. The minimum absolute atomic E-state index is 0.205. The Hall–Kier alpha value is -4.76. The molecule has 0 aliphatic carbocycles. The summed E-state index contributed by atoms with van der Waals surface area (Å²) in [4.78, 5) is 25.9. The third-order valence-corrected chi connectivity index (χ3v) is 10.5. The van der Waals surface area contributed by atoms with Crippen molar-refractivity contribution < 1.29 is 9.90 Å². The van der Waals surface area contributed by atoms with Crippen LogP contribution in [0.2, 0.25) is 0 Å². The summed E-state index contributed by atoms with van der Waals surface area (Å²) in [7, 11) is 1.85. The molecule has 10 nitrogen and oxygen atoms in total. The number of aryl methyl sites for hydroxylation is 2. The molecule has 0 spiro atoms. The second kappa shape index (κ2) is 13.8. The number of hydrogen-bond donors (Lipinski definition) is 4. The van der Waals surface area contributed by atoms with E-state index in [2.05, 4.69) is 70.5 Å². The molecule has 1 unspecified atom stereocenters. The van der Waals surface area contributed by atoms with E-state index in [1.54, 1.807) is 42.5 Å². The molecule has 1 aliphatic rings. The SMILES string of the molecule is C=CC(=O)Nc1ccc(C(C)(O)Cn2c(C#N)cc3c(C)c(CN4CCC(Nc5nc(NC)nc6sc(CC)cc56)CC4)ccc32)cc1. The Bertz CT molecular complexity index is 2010. The van der Waals surface area contributed by atoms with Gasteiger partial charge in [-0.1, -0.05) is 31.7 Å². The van der Waals surface area contributed by atoms with Gasteiger partial charge in [0, 0.05) is 54.2 Å². The molecule has 1 fully saturated rings. The summed E-state index contributed by atoms with van der Waals surface area (Å²) in [5, 5.41) is 33.3. The molecule has 48 heavy (non-hydrogen) atoms. The van der Waals surface area contributed by atoms with Crippen LogP contribution in [0, 0.1) is 18.3 Å². The Labute approximate surface area is 285 Å². The first-order valence-electron chi connectivity index (χ1n) is 16.4. The lowest BCUT2D eigenvalue weighted by molar-refractivity contribution is -0.111. The Balaban J connectivity index is 1.14. The summed E-state index contributed by atoms with van der Waals surface area (Å²) in [5.74, 6) is 1.25. The third kappa shape index (κ3) is 6.78. The molecular weight excluding hydrogens is 621 g/mol. The van der Waals surface area contributed by atoms with E-state index in [4.69, 9.17) is 4.98 Å². The standard InChI is InChI=1S/C37H42N8O2S/c1-6-29-19-31-34(42-36(39-5)43-35(31)48-29)41-27-14-16-44(17-15-27)21-24-8-13-32-30(23(24)3)18-28(20-38)45(32)22-37(4,47)25-9-11-26(12-10-25)40-33(46)7-2/h7-13,18-19,27,47H,2,6,14-17,21-22H2,1,3-5H3,(H,40,46)(H2,39,41,42,43). The number of hydrogen-bond acceptors (Lipinski definition) is 9. The van der Waals surface area contributed by atoms with Gasteiger partial charge in [-0.25, -0.2) is 4.98 Å². The van der Waals surface area contributed by atoms with Gasteiger partial charge in [-0.05, 0) is 86.2 Å². The number of thiophene rings is 1. The zero-order chi connectivity index (χ0) is 34.0. The molecule has 3 aromatic heterocycles. The minimum atomic E-state index is -1.25. The van der Waals surface area contributed by atoms with Gasteiger partial charge in [-0.3, -0.25) is 9.69 Å². The highest BCUT2D eigenvalue weighted by Gasteiger charge is 2.27. The van der Waals surface area contributed by atoms with Gasteiger partial charge >= 0.3 is 0 Å². The van der Waals surface area contributed by atoms with Crippen molar-refractivity contribution >= 4 is 55.8 Å². The van der Waals surface area contributed by atoms with E-state index in [0.29, 0.717) is 28.9 Å². The number of likely N-dealkylation sites (tertiary alicyclic amines) is 1. The van der Waals surface area contributed by atoms with Gasteiger partial charge in [0.25, 0.3) is 0 Å². The number of nitrogens with zero attached hydrogens (tertiary/aromatic N) is 5. The number of aromatic nitrogens is 3. The van der Waals surface area contributed by atoms with Gasteiger partial charge in [0.1, 0.15) is 28.0 Å². The van der Waals surface area contributed by atoms with Crippen molar-refractivity contribution in [3.8, 4) is 6.07 Å². The lowest BCUT2D eigenvalue weighted by atomic mass is 9.95. The van der Waals surface area contributed by atoms with E-state index in [9.17, 15) is 15.2 Å². The fourth-order valence-corrected chi connectivity index (χ4v) is 7.46. The molecule has 1 saturated heterocycles. The van der Waals surface area contributed by atoms with Crippen LogP contribution < -0.4 is 16.0 Å². The number of piperidine rings is 1. The van der Waals surface area contributed by atoms with Gasteiger partial charge in [-0.2, -0.15) is 10.2 Å². The van der Waals surface area contributed by atoms with Crippen LogP contribution in [0.3, 0.4) is 0 Å². The smallest absolute Gasteiger partial charge is 0.247 e. The van der Waals surface area contributed by atoms with Crippen LogP contribution in [0.1, 0.15) is 54.0 Å². The molecule has 1 atom stereocenters. The van der Waals surface area contributed by atoms with Crippen molar-refractivity contribution in [3.63, 3.8) is 0 Å². The fourth-order valence-electron chi connectivity index (χ4n) is 6.50. The molecule has 1 amide bonds. The summed E-state index contributed by atoms with van der Waals surface area (Å²) in [6.07, 6.45) is 4.22. The van der Waals surface area contributed by atoms with Gasteiger partial charge in [-0.15, -0.1) is 11.3 Å². The first-order chi connectivity index (χ1) is 23.1. The highest BCUT2D eigenvalue weighted by molar-refractivity contribution is 7.18. The number of aliphatic hydroxyl groups is 1. The number of fused-ring (bicyclic) bond motifs is 2. The molecule has 2 aromatic carbocycles. The van der Waals surface area contributed by atoms with Crippen LogP contribution in [0.5, 0.6) is 0 Å². The van der Waals surface area contributed by atoms with Crippen molar-refractivity contribution in [1.82, 2.24) is 19.4 Å². The molecule has 248 valence electrons. The highest BCUT2D eigenvalue weighted by atomic mass is 32.1. The van der Waals surface area contributed by atoms with Crippen molar-refractivity contribution in [2.45, 2.75) is 64.8 Å². The van der Waals surface area contributed by atoms with Crippen molar-refractivity contribution in [2.24, 2.45) is 0 Å². The van der Waals surface area contributed by atoms with Crippen LogP contribution in [-0.4, -0.2) is 56.6 Å². The molecule has 11 heteroatoms. The van der Waals surface area contributed by atoms with Crippen molar-refractivity contribution in [2.75, 3.05) is 36.1 Å². The topological polar surface area (TPSA) is 131 Å². The largest absolute Gasteiger partial charge is 0.384 e. The molecule has 0 bridgehead atoms. The quantitative estimate of drug-likeness (QED) is 0.117. The molecular formula is C37H42N8O2S. The molecule has 5 aromatic rings. The highest BCUT2D eigenvalue weighted by Crippen LogP contribution is 2.33. The maximum absolute atomic E-state index is 11.6. The van der Waals surface area contributed by atoms with Crippen LogP contribution >= 0.6 is 11.3 Å². The van der Waals surface area contributed by atoms with E-state index in [0.717, 1.165) is 71.4 Å². The number of benzene rings is 2. The lowest BCUT2D eigenvalue weighted by Gasteiger charge is -2.33. The number of anilines is 3. The first kappa shape index (κ1) is 33.2. The Morgan fingerprint density at radius 3 is 2.58 bits per heavy atom. The number of nitriles is 1. The average Bonchev–Trinajstić information content (AvgIpc) is 3.68. The maximum atomic E-state index is 11.6. The van der Waals surface area contributed by atoms with Crippen LogP contribution in [-0.2, 0) is 29.9 Å². The monoisotopic (exact) mass is 662 g/mol. The number of amides is 1. The molecule has 0 saturated carbocycles. The van der Waals surface area contributed by atoms with Crippen LogP contribution in [0.25, 0.3) is 21.1 Å². The van der Waals surface area contributed by atoms with Crippen molar-refractivity contribution in [1.29, 1.82) is 5.26 Å². The van der Waals surface area contributed by atoms with Gasteiger partial charge in [0.15, 0.2) is 0 Å². The van der Waals surface area contributed by atoms with Crippen molar-refractivity contribution in [3.05, 3.63) is 88.4 Å². The summed E-state index contributed by atoms with van der Waals surface area (Å²) in [6, 6.07) is 18.1. The number of nitrogens with one attached hydrogen (secondary N) is 3. The fraction of sp³-hybridized carbons (Fsp3) is 0.351. The molecule has 4 heterocycles. The van der Waals surface area contributed by atoms with E-state index in [1.807, 2.05) is 17.7 Å². The summed E-state index contributed by atoms with van der Waals surface area (Å²) >= 11 is 1.73. The maximum Gasteiger partial charge on any atom is 0.247 e. The number of carbonyl (C=O) groups excluding carboxylic acids is 1. The Morgan fingerprint density at radius 2 is 1.92 bits per heavy atom. The Kier molecular flexibility index (Phi) is 9.51. The first-order valence-corrected chi connectivity index (χ1v) is 17.2. The molecule has 0 radical (unpaired) electrons. The van der Waals surface area contributed by atoms with E-state index in [1.165, 1.54) is 16.5 Å². The third-order valence-electron chi connectivity index (χ3n) is 9.35. The second-order valence-electron chi connectivity index (χ2n) is 12.7. The average molecular weight is 663 g/mol. The van der Waals surface area contributed by atoms with E-state index < -0.39 is 5.60 Å². The van der Waals surface area contributed by atoms with Gasteiger partial charge in [0.05, 0.1) is 11.9 Å². The summed E-state index contributed by atoms with van der Waals surface area (Å²) in [5.41, 5.74) is 3.86. The van der Waals surface area contributed by atoms with Crippen LogP contribution in [0.4, 0.5) is 17.5 Å². The van der Waals surface area contributed by atoms with Gasteiger partial charge in [0.2, 0.25) is 11.9 Å². The lowest BCUT2D eigenvalue weighted by Crippen LogP contribution is -2.39. The van der Waals surface area contributed by atoms with Gasteiger partial charge < -0.3 is 25.6 Å². The number of rotatable bonds is 11. The summed E-state index contributed by atoms with van der Waals surface area (Å²) in [6.45, 7) is 12.5. The molecule has 1 aliphatic heterocycles.